The second-order valence-electron chi connectivity index (χ2n) is 25.7. The molecule has 0 aromatic heterocycles. The first kappa shape index (κ1) is 54.9. The van der Waals surface area contributed by atoms with Crippen LogP contribution in [-0.4, -0.2) is 53.7 Å². The molecule has 8 nitrogen and oxygen atoms in total. The molecule has 1 aliphatic rings. The van der Waals surface area contributed by atoms with Crippen LogP contribution in [0.2, 0.25) is 90.7 Å². The van der Waals surface area contributed by atoms with E-state index in [2.05, 4.69) is 181 Å². The first-order chi connectivity index (χ1) is 27.9. The van der Waals surface area contributed by atoms with Crippen LogP contribution in [0.4, 0.5) is 0 Å². The average Bonchev–Trinajstić information content (AvgIpc) is 3.06. The molecular formula is C50H90O8Si5. The van der Waals surface area contributed by atoms with Crippen LogP contribution in [0.3, 0.4) is 0 Å². The van der Waals surface area contributed by atoms with Crippen LogP contribution in [0, 0.1) is 0 Å². The van der Waals surface area contributed by atoms with E-state index in [1.807, 2.05) is 19.1 Å². The number of ether oxygens (including phenoxy) is 2. The fraction of sp³-hybridized carbons (Fsp3) is 0.700. The molecule has 2 aromatic rings. The number of allylic oxidation sites excluding steroid dienone is 1. The standard InChI is InChI=1S/C50H90O8Si5/c1-28-34(2)45(51)53-40-33-37-38(31-36(54-59(18,19)46(3,4)5)32-39(37)55-60(20,21)47(6,7)8)52-43(40)35-29-41(56-61(22,23)48(9,10)11)44(58-63(26,27)50(15,16)17)42(30-35)57-62(24,25)49(12,13)14/h28-32,40,43H,33H2,1-27H3/b34-28+/t40-,43-/m1/s1. The molecular weight excluding hydrogens is 869 g/mol. The highest BCUT2D eigenvalue weighted by molar-refractivity contribution is 6.77. The number of benzene rings is 2. The van der Waals surface area contributed by atoms with Gasteiger partial charge < -0.3 is 31.6 Å². The van der Waals surface area contributed by atoms with Crippen molar-refractivity contribution in [2.75, 3.05) is 0 Å². The fourth-order valence-electron chi connectivity index (χ4n) is 5.46. The molecule has 0 bridgehead atoms. The predicted molar refractivity (Wildman–Crippen MR) is 278 cm³/mol. The van der Waals surface area contributed by atoms with Gasteiger partial charge in [0.1, 0.15) is 34.9 Å². The molecule has 0 saturated heterocycles. The summed E-state index contributed by atoms with van der Waals surface area (Å²) in [4.78, 5) is 13.9. The van der Waals surface area contributed by atoms with Gasteiger partial charge in [0.2, 0.25) is 16.6 Å². The zero-order valence-corrected chi connectivity index (χ0v) is 50.0. The highest BCUT2D eigenvalue weighted by Crippen LogP contribution is 2.53. The van der Waals surface area contributed by atoms with E-state index in [-0.39, 0.29) is 25.2 Å². The van der Waals surface area contributed by atoms with Crippen LogP contribution in [-0.2, 0) is 16.0 Å². The number of carbonyl (C=O) groups is 1. The Balaban J connectivity index is 2.56. The van der Waals surface area contributed by atoms with Crippen LogP contribution < -0.4 is 26.9 Å². The minimum atomic E-state index is -2.47. The molecule has 0 amide bonds. The molecule has 0 aliphatic carbocycles. The quantitative estimate of drug-likeness (QED) is 0.112. The molecule has 2 aromatic carbocycles. The van der Waals surface area contributed by atoms with Gasteiger partial charge in [-0.2, -0.15) is 0 Å². The number of hydrogen-bond acceptors (Lipinski definition) is 8. The van der Waals surface area contributed by atoms with Gasteiger partial charge in [-0.3, -0.25) is 0 Å². The van der Waals surface area contributed by atoms with Crippen LogP contribution in [0.1, 0.15) is 135 Å². The third-order valence-electron chi connectivity index (χ3n) is 15.4. The summed E-state index contributed by atoms with van der Waals surface area (Å²) in [5, 5.41) is -0.421. The van der Waals surface area contributed by atoms with Gasteiger partial charge >= 0.3 is 5.97 Å². The molecule has 0 fully saturated rings. The summed E-state index contributed by atoms with van der Waals surface area (Å²) in [6.45, 7) is 59.9. The molecule has 3 rings (SSSR count). The Morgan fingerprint density at radius 2 is 0.921 bits per heavy atom. The molecule has 0 radical (unpaired) electrons. The lowest BCUT2D eigenvalue weighted by molar-refractivity contribution is -0.150. The van der Waals surface area contributed by atoms with Gasteiger partial charge in [0.25, 0.3) is 25.0 Å². The summed E-state index contributed by atoms with van der Waals surface area (Å²) < 4.78 is 50.0. The zero-order valence-electron chi connectivity index (χ0n) is 45.0. The third kappa shape index (κ3) is 12.5. The van der Waals surface area contributed by atoms with Gasteiger partial charge in [0, 0.05) is 35.3 Å². The number of carbonyl (C=O) groups excluding carboxylic acids is 1. The van der Waals surface area contributed by atoms with Crippen LogP contribution in [0.25, 0.3) is 0 Å². The first-order valence-electron chi connectivity index (χ1n) is 23.2. The zero-order chi connectivity index (χ0) is 49.1. The van der Waals surface area contributed by atoms with Crippen molar-refractivity contribution in [1.82, 2.24) is 0 Å². The molecule has 0 spiro atoms. The van der Waals surface area contributed by atoms with Crippen molar-refractivity contribution in [3.63, 3.8) is 0 Å². The van der Waals surface area contributed by atoms with E-state index in [9.17, 15) is 4.79 Å². The van der Waals surface area contributed by atoms with Gasteiger partial charge in [0.05, 0.1) is 0 Å². The monoisotopic (exact) mass is 959 g/mol. The minimum absolute atomic E-state index is 0.0357. The fourth-order valence-corrected chi connectivity index (χ4v) is 10.5. The smallest absolute Gasteiger partial charge is 0.333 e. The highest BCUT2D eigenvalue weighted by atomic mass is 28.4. The van der Waals surface area contributed by atoms with Gasteiger partial charge in [-0.05, 0) is 117 Å². The van der Waals surface area contributed by atoms with E-state index in [1.165, 1.54) is 0 Å². The van der Waals surface area contributed by atoms with Gasteiger partial charge in [0.15, 0.2) is 11.9 Å². The predicted octanol–water partition coefficient (Wildman–Crippen LogP) is 16.2. The Labute approximate surface area is 390 Å². The number of rotatable bonds is 13. The maximum absolute atomic E-state index is 13.9. The maximum atomic E-state index is 13.9. The highest BCUT2D eigenvalue weighted by Gasteiger charge is 2.48. The van der Waals surface area contributed by atoms with Crippen LogP contribution >= 0.6 is 0 Å². The van der Waals surface area contributed by atoms with Gasteiger partial charge in [-0.25, -0.2) is 4.79 Å². The molecule has 1 heterocycles. The van der Waals surface area contributed by atoms with Crippen LogP contribution in [0.5, 0.6) is 34.5 Å². The average molecular weight is 960 g/mol. The Kier molecular flexibility index (Phi) is 15.7. The Morgan fingerprint density at radius 1 is 0.556 bits per heavy atom. The van der Waals surface area contributed by atoms with Crippen molar-refractivity contribution in [2.45, 2.75) is 227 Å². The maximum Gasteiger partial charge on any atom is 0.333 e. The summed E-state index contributed by atoms with van der Waals surface area (Å²) in [5.41, 5.74) is 2.17. The second-order valence-corrected chi connectivity index (χ2v) is 49.3. The van der Waals surface area contributed by atoms with Gasteiger partial charge in [-0.1, -0.05) is 110 Å². The molecule has 358 valence electrons. The number of esters is 1. The van der Waals surface area contributed by atoms with Crippen molar-refractivity contribution < 1.29 is 36.4 Å². The Hall–Kier alpha value is -2.47. The summed E-state index contributed by atoms with van der Waals surface area (Å²) in [6, 6.07) is 8.21. The summed E-state index contributed by atoms with van der Waals surface area (Å²) in [6.07, 6.45) is 0.698. The molecule has 0 saturated carbocycles. The van der Waals surface area contributed by atoms with E-state index in [1.54, 1.807) is 13.0 Å². The molecule has 13 heteroatoms. The minimum Gasteiger partial charge on any atom is -0.543 e. The lowest BCUT2D eigenvalue weighted by Crippen LogP contribution is -2.47. The van der Waals surface area contributed by atoms with Gasteiger partial charge in [-0.15, -0.1) is 0 Å². The number of fused-ring (bicyclic) bond motifs is 1. The first-order valence-corrected chi connectivity index (χ1v) is 37.7. The summed E-state index contributed by atoms with van der Waals surface area (Å²) in [5.74, 6) is 3.62. The lowest BCUT2D eigenvalue weighted by atomic mass is 9.93. The molecule has 0 N–H and O–H groups in total. The molecule has 1 aliphatic heterocycles. The van der Waals surface area contributed by atoms with Crippen molar-refractivity contribution in [3.8, 4) is 34.5 Å². The SMILES string of the molecule is C/C=C(\C)C(=O)O[C@@H]1Cc2c(cc(O[Si](C)(C)C(C)(C)C)cc2O[Si](C)(C)C(C)(C)C)O[C@@H]1c1cc(O[Si](C)(C)C(C)(C)C)c(O[Si](C)(C)C(C)(C)C)c(O[Si](C)(C)C(C)(C)C)c1. The largest absolute Gasteiger partial charge is 0.543 e. The Morgan fingerprint density at radius 3 is 1.30 bits per heavy atom. The van der Waals surface area contributed by atoms with Crippen molar-refractivity contribution in [3.05, 3.63) is 47.0 Å². The normalized spacial score (nSPS) is 17.7. The molecule has 0 unspecified atom stereocenters. The van der Waals surface area contributed by atoms with E-state index in [0.717, 1.165) is 22.6 Å². The topological polar surface area (TPSA) is 81.7 Å². The van der Waals surface area contributed by atoms with E-state index in [4.69, 9.17) is 31.6 Å². The lowest BCUT2D eigenvalue weighted by Gasteiger charge is -2.42. The molecule has 2 atom stereocenters. The van der Waals surface area contributed by atoms with Crippen molar-refractivity contribution in [1.29, 1.82) is 0 Å². The summed E-state index contributed by atoms with van der Waals surface area (Å²) in [7, 11) is -12.0. The van der Waals surface area contributed by atoms with E-state index < -0.39 is 59.8 Å². The van der Waals surface area contributed by atoms with Crippen molar-refractivity contribution >= 4 is 47.6 Å². The van der Waals surface area contributed by atoms with Crippen molar-refractivity contribution in [2.24, 2.45) is 0 Å². The van der Waals surface area contributed by atoms with E-state index in [0.29, 0.717) is 35.0 Å². The second kappa shape index (κ2) is 18.0. The number of hydrogen-bond donors (Lipinski definition) is 0. The van der Waals surface area contributed by atoms with Crippen LogP contribution in [0.15, 0.2) is 35.9 Å². The summed E-state index contributed by atoms with van der Waals surface area (Å²) >= 11 is 0. The third-order valence-corrected chi connectivity index (χ3v) is 37.1. The molecule has 63 heavy (non-hydrogen) atoms. The van der Waals surface area contributed by atoms with E-state index >= 15 is 0 Å². The Bertz CT molecular complexity index is 1950.